The quantitative estimate of drug-likeness (QED) is 0.373. The fourth-order valence-electron chi connectivity index (χ4n) is 2.47. The van der Waals surface area contributed by atoms with Gasteiger partial charge in [0.25, 0.3) is 0 Å². The second-order valence-electron chi connectivity index (χ2n) is 7.66. The fraction of sp³-hybridized carbons (Fsp3) is 0.636. The summed E-state index contributed by atoms with van der Waals surface area (Å²) in [5.41, 5.74) is 0.916. The first-order valence-corrected chi connectivity index (χ1v) is 9.86. The van der Waals surface area contributed by atoms with Crippen LogP contribution in [0, 0.1) is 11.8 Å². The maximum absolute atomic E-state index is 12.2. The van der Waals surface area contributed by atoms with Crippen molar-refractivity contribution in [3.63, 3.8) is 0 Å². The lowest BCUT2D eigenvalue weighted by atomic mass is 10.1. The van der Waals surface area contributed by atoms with E-state index >= 15 is 0 Å². The van der Waals surface area contributed by atoms with Gasteiger partial charge in [0.1, 0.15) is 0 Å². The number of para-hydroxylation sites is 1. The molecule has 0 spiro atoms. The van der Waals surface area contributed by atoms with Crippen molar-refractivity contribution in [2.45, 2.75) is 79.6 Å². The van der Waals surface area contributed by atoms with Crippen LogP contribution in [-0.2, 0) is 16.0 Å². The van der Waals surface area contributed by atoms with Crippen molar-refractivity contribution in [2.75, 3.05) is 0 Å². The zero-order chi connectivity index (χ0) is 19.5. The largest absolute Gasteiger partial charge is 0.423 e. The van der Waals surface area contributed by atoms with E-state index < -0.39 is 0 Å². The van der Waals surface area contributed by atoms with Crippen molar-refractivity contribution in [1.82, 2.24) is 0 Å². The van der Waals surface area contributed by atoms with Crippen LogP contribution in [0.15, 0.2) is 18.2 Å². The smallest absolute Gasteiger partial charge is 0.311 e. The van der Waals surface area contributed by atoms with Gasteiger partial charge in [0, 0.05) is 12.8 Å². The van der Waals surface area contributed by atoms with Gasteiger partial charge in [0.15, 0.2) is 11.5 Å². The highest BCUT2D eigenvalue weighted by Crippen LogP contribution is 2.33. The van der Waals surface area contributed by atoms with Gasteiger partial charge in [-0.2, -0.15) is 0 Å². The number of hydrogen-bond acceptors (Lipinski definition) is 4. The Kier molecular flexibility index (Phi) is 10.0. The van der Waals surface area contributed by atoms with Crippen LogP contribution < -0.4 is 9.47 Å². The minimum Gasteiger partial charge on any atom is -0.423 e. The highest BCUT2D eigenvalue weighted by Gasteiger charge is 2.18. The molecule has 0 aromatic heterocycles. The molecular formula is C22H34O4. The molecule has 0 aliphatic heterocycles. The Hall–Kier alpha value is -1.84. The zero-order valence-corrected chi connectivity index (χ0v) is 17.0. The van der Waals surface area contributed by atoms with Crippen LogP contribution >= 0.6 is 0 Å². The number of unbranched alkanes of at least 4 members (excludes halogenated alkanes) is 1. The first-order chi connectivity index (χ1) is 12.3. The van der Waals surface area contributed by atoms with E-state index in [-0.39, 0.29) is 11.9 Å². The van der Waals surface area contributed by atoms with E-state index in [2.05, 4.69) is 34.6 Å². The lowest BCUT2D eigenvalue weighted by molar-refractivity contribution is -0.137. The van der Waals surface area contributed by atoms with Gasteiger partial charge in [0.05, 0.1) is 0 Å². The third-order valence-corrected chi connectivity index (χ3v) is 4.15. The molecule has 0 radical (unpaired) electrons. The number of esters is 2. The van der Waals surface area contributed by atoms with E-state index in [1.807, 2.05) is 12.1 Å². The van der Waals surface area contributed by atoms with Crippen molar-refractivity contribution < 1.29 is 19.1 Å². The summed E-state index contributed by atoms with van der Waals surface area (Å²) >= 11 is 0. The van der Waals surface area contributed by atoms with Gasteiger partial charge in [0.2, 0.25) is 0 Å². The molecule has 0 unspecified atom stereocenters. The number of carbonyl (C=O) groups excluding carboxylic acids is 2. The lowest BCUT2D eigenvalue weighted by Gasteiger charge is -2.15. The summed E-state index contributed by atoms with van der Waals surface area (Å²) in [6.07, 6.45) is 5.09. The van der Waals surface area contributed by atoms with Gasteiger partial charge in [-0.05, 0) is 49.1 Å². The van der Waals surface area contributed by atoms with E-state index in [1.165, 1.54) is 0 Å². The van der Waals surface area contributed by atoms with Gasteiger partial charge >= 0.3 is 11.9 Å². The molecule has 0 heterocycles. The molecule has 0 bridgehead atoms. The Labute approximate surface area is 158 Å². The van der Waals surface area contributed by atoms with Crippen molar-refractivity contribution in [3.8, 4) is 11.5 Å². The molecule has 0 N–H and O–H groups in total. The molecule has 0 saturated carbocycles. The minimum absolute atomic E-state index is 0.276. The van der Waals surface area contributed by atoms with E-state index in [0.29, 0.717) is 36.2 Å². The van der Waals surface area contributed by atoms with Crippen LogP contribution in [0.4, 0.5) is 0 Å². The molecule has 0 saturated heterocycles. The summed E-state index contributed by atoms with van der Waals surface area (Å²) in [4.78, 5) is 24.4. The number of hydrogen-bond donors (Lipinski definition) is 0. The highest BCUT2D eigenvalue weighted by molar-refractivity contribution is 5.76. The van der Waals surface area contributed by atoms with Crippen LogP contribution in [0.1, 0.15) is 78.7 Å². The summed E-state index contributed by atoms with van der Waals surface area (Å²) in [6, 6.07) is 5.49. The fourth-order valence-corrected chi connectivity index (χ4v) is 2.47. The van der Waals surface area contributed by atoms with Crippen molar-refractivity contribution >= 4 is 11.9 Å². The van der Waals surface area contributed by atoms with Crippen LogP contribution in [0.3, 0.4) is 0 Å². The molecule has 146 valence electrons. The maximum Gasteiger partial charge on any atom is 0.311 e. The minimum atomic E-state index is -0.286. The first-order valence-electron chi connectivity index (χ1n) is 9.86. The molecule has 4 heteroatoms. The predicted molar refractivity (Wildman–Crippen MR) is 104 cm³/mol. The van der Waals surface area contributed by atoms with Gasteiger partial charge < -0.3 is 9.47 Å². The maximum atomic E-state index is 12.2. The van der Waals surface area contributed by atoms with Gasteiger partial charge in [-0.15, -0.1) is 0 Å². The topological polar surface area (TPSA) is 52.6 Å². The molecule has 0 amide bonds. The Bertz CT molecular complexity index is 576. The van der Waals surface area contributed by atoms with Crippen molar-refractivity contribution in [3.05, 3.63) is 23.8 Å². The summed E-state index contributed by atoms with van der Waals surface area (Å²) < 4.78 is 11.2. The molecule has 0 aliphatic rings. The summed E-state index contributed by atoms with van der Waals surface area (Å²) in [5, 5.41) is 0. The standard InChI is InChI=1S/C22H34O4/c1-6-7-9-18-10-8-11-19(25-20(23)14-12-16(2)3)22(18)26-21(24)15-13-17(4)5/h8,10-11,16-17H,6-7,9,12-15H2,1-5H3. The molecule has 1 aromatic carbocycles. The van der Waals surface area contributed by atoms with Crippen LogP contribution in [0.2, 0.25) is 0 Å². The lowest BCUT2D eigenvalue weighted by Crippen LogP contribution is -2.14. The predicted octanol–water partition coefficient (Wildman–Crippen LogP) is 5.71. The van der Waals surface area contributed by atoms with Crippen LogP contribution in [-0.4, -0.2) is 11.9 Å². The van der Waals surface area contributed by atoms with Crippen molar-refractivity contribution in [1.29, 1.82) is 0 Å². The summed E-state index contributed by atoms with van der Waals surface area (Å²) in [5.74, 6) is 1.07. The highest BCUT2D eigenvalue weighted by atomic mass is 16.6. The normalized spacial score (nSPS) is 11.0. The van der Waals surface area contributed by atoms with Crippen molar-refractivity contribution in [2.24, 2.45) is 11.8 Å². The Balaban J connectivity index is 2.93. The Morgan fingerprint density at radius 3 is 2.04 bits per heavy atom. The van der Waals surface area contributed by atoms with E-state index in [1.54, 1.807) is 6.07 Å². The Morgan fingerprint density at radius 1 is 0.923 bits per heavy atom. The monoisotopic (exact) mass is 362 g/mol. The molecular weight excluding hydrogens is 328 g/mol. The molecule has 26 heavy (non-hydrogen) atoms. The first kappa shape index (κ1) is 22.2. The van der Waals surface area contributed by atoms with E-state index in [9.17, 15) is 9.59 Å². The van der Waals surface area contributed by atoms with Crippen LogP contribution in [0.5, 0.6) is 11.5 Å². The number of benzene rings is 1. The third-order valence-electron chi connectivity index (χ3n) is 4.15. The third kappa shape index (κ3) is 8.50. The number of aryl methyl sites for hydroxylation is 1. The number of rotatable bonds is 11. The molecule has 1 rings (SSSR count). The molecule has 0 atom stereocenters. The van der Waals surface area contributed by atoms with Crippen LogP contribution in [0.25, 0.3) is 0 Å². The molecule has 4 nitrogen and oxygen atoms in total. The second-order valence-corrected chi connectivity index (χ2v) is 7.66. The molecule has 0 fully saturated rings. The average Bonchev–Trinajstić information content (AvgIpc) is 2.58. The average molecular weight is 363 g/mol. The van der Waals surface area contributed by atoms with E-state index in [0.717, 1.165) is 37.7 Å². The summed E-state index contributed by atoms with van der Waals surface area (Å²) in [7, 11) is 0. The zero-order valence-electron chi connectivity index (χ0n) is 17.0. The SMILES string of the molecule is CCCCc1cccc(OC(=O)CCC(C)C)c1OC(=O)CCC(C)C. The number of carbonyl (C=O) groups is 2. The summed E-state index contributed by atoms with van der Waals surface area (Å²) in [6.45, 7) is 10.4. The van der Waals surface area contributed by atoms with Gasteiger partial charge in [-0.1, -0.05) is 53.2 Å². The Morgan fingerprint density at radius 2 is 1.50 bits per heavy atom. The second kappa shape index (κ2) is 11.7. The molecule has 1 aromatic rings. The van der Waals surface area contributed by atoms with Gasteiger partial charge in [-0.3, -0.25) is 9.59 Å². The molecule has 0 aliphatic carbocycles. The van der Waals surface area contributed by atoms with Gasteiger partial charge in [-0.25, -0.2) is 0 Å². The van der Waals surface area contributed by atoms with E-state index in [4.69, 9.17) is 9.47 Å². The number of ether oxygens (including phenoxy) is 2.